The van der Waals surface area contributed by atoms with E-state index in [0.717, 1.165) is 0 Å². The van der Waals surface area contributed by atoms with Crippen LogP contribution in [0.2, 0.25) is 0 Å². The van der Waals surface area contributed by atoms with E-state index in [9.17, 15) is 0 Å². The lowest BCUT2D eigenvalue weighted by molar-refractivity contribution is 1.02. The maximum atomic E-state index is 5.32. The minimum atomic E-state index is -0.249. The Morgan fingerprint density at radius 1 is 0.542 bits per heavy atom. The lowest BCUT2D eigenvalue weighted by atomic mass is 10.2. The van der Waals surface area contributed by atoms with Gasteiger partial charge in [-0.1, -0.05) is 24.3 Å². The molecule has 24 heavy (non-hydrogen) atoms. The van der Waals surface area contributed by atoms with Crippen molar-refractivity contribution in [3.63, 3.8) is 0 Å². The summed E-state index contributed by atoms with van der Waals surface area (Å²) in [6, 6.07) is 7.15. The number of nitrogens with two attached hydrogens (primary N) is 6. The van der Waals surface area contributed by atoms with Crippen LogP contribution in [0.3, 0.4) is 0 Å². The molecule has 0 bridgehead atoms. The second kappa shape index (κ2) is 6.87. The molecule has 0 amide bonds. The zero-order valence-corrected chi connectivity index (χ0v) is 12.5. The molecule has 124 valence electrons. The molecule has 2 aromatic carbocycles. The molecule has 2 rings (SSSR count). The van der Waals surface area contributed by atoms with Gasteiger partial charge in [-0.15, -0.1) is 30.6 Å². The highest BCUT2D eigenvalue weighted by Crippen LogP contribution is 2.03. The van der Waals surface area contributed by atoms with Gasteiger partial charge in [-0.25, -0.2) is 0 Å². The third kappa shape index (κ3) is 3.62. The molecule has 0 unspecified atom stereocenters. The highest BCUT2D eigenvalue weighted by atomic mass is 15.3. The molecule has 0 aromatic heterocycles. The van der Waals surface area contributed by atoms with E-state index in [4.69, 9.17) is 34.4 Å². The second-order valence-corrected chi connectivity index (χ2v) is 4.47. The maximum absolute atomic E-state index is 5.32. The average Bonchev–Trinajstić information content (AvgIpc) is 2.81. The Labute approximate surface area is 135 Å². The predicted octanol–water partition coefficient (Wildman–Crippen LogP) is -4.02. The Morgan fingerprint density at radius 3 is 1.21 bits per heavy atom. The number of hydrogen-bond donors (Lipinski definition) is 6. The summed E-state index contributed by atoms with van der Waals surface area (Å²) in [4.78, 5) is 0. The summed E-state index contributed by atoms with van der Waals surface area (Å²) in [5, 5.41) is 25.0. The van der Waals surface area contributed by atoms with Gasteiger partial charge in [-0.05, 0) is 0 Å². The van der Waals surface area contributed by atoms with Gasteiger partial charge in [-0.3, -0.25) is 0 Å². The van der Waals surface area contributed by atoms with Gasteiger partial charge < -0.3 is 34.4 Å². The fraction of sp³-hybridized carbons (Fsp3) is 0. The minimum absolute atomic E-state index is 0.208. The molecular formula is C12H16N12. The molecule has 0 radical (unpaired) electrons. The maximum Gasteiger partial charge on any atom is 0.211 e. The summed E-state index contributed by atoms with van der Waals surface area (Å²) in [5.74, 6) is -0.701. The smallest absolute Gasteiger partial charge is 0.211 e. The highest BCUT2D eigenvalue weighted by Gasteiger charge is 2.08. The predicted molar refractivity (Wildman–Crippen MR) is 90.4 cm³/mol. The molecule has 0 aliphatic rings. The van der Waals surface area contributed by atoms with Gasteiger partial charge in [0.15, 0.2) is 0 Å². The Bertz CT molecular complexity index is 934. The van der Waals surface area contributed by atoms with E-state index in [1.807, 2.05) is 0 Å². The van der Waals surface area contributed by atoms with E-state index < -0.39 is 0 Å². The summed E-state index contributed by atoms with van der Waals surface area (Å²) in [6.45, 7) is 0. The van der Waals surface area contributed by atoms with Crippen LogP contribution < -0.4 is 50.5 Å². The molecule has 0 aliphatic carbocycles. The lowest BCUT2D eigenvalue weighted by Gasteiger charge is -1.87. The van der Waals surface area contributed by atoms with Gasteiger partial charge in [0.05, 0.1) is 0 Å². The molecule has 0 fully saturated rings. The number of fused-ring (bicyclic) bond motifs is 1. The van der Waals surface area contributed by atoms with Crippen molar-refractivity contribution < 1.29 is 0 Å². The van der Waals surface area contributed by atoms with Gasteiger partial charge in [0.2, 0.25) is 17.9 Å². The molecule has 0 saturated carbocycles. The molecule has 12 heteroatoms. The summed E-state index contributed by atoms with van der Waals surface area (Å²) < 4.78 is 0. The first-order valence-corrected chi connectivity index (χ1v) is 6.50. The molecule has 12 nitrogen and oxygen atoms in total. The van der Waals surface area contributed by atoms with E-state index in [1.165, 1.54) is 0 Å². The quantitative estimate of drug-likeness (QED) is 0.186. The number of guanidine groups is 3. The van der Waals surface area contributed by atoms with Gasteiger partial charge >= 0.3 is 0 Å². The molecule has 0 saturated heterocycles. The van der Waals surface area contributed by atoms with E-state index in [0.29, 0.717) is 21.5 Å². The molecule has 2 aromatic rings. The van der Waals surface area contributed by atoms with Crippen LogP contribution in [-0.4, -0.2) is 17.9 Å². The van der Waals surface area contributed by atoms with Gasteiger partial charge in [-0.2, -0.15) is 0 Å². The summed E-state index contributed by atoms with van der Waals surface area (Å²) in [7, 11) is 0. The van der Waals surface area contributed by atoms with Crippen molar-refractivity contribution in [2.24, 2.45) is 65.0 Å². The van der Waals surface area contributed by atoms with E-state index in [2.05, 4.69) is 30.6 Å². The second-order valence-electron chi connectivity index (χ2n) is 4.47. The zero-order chi connectivity index (χ0) is 17.7. The van der Waals surface area contributed by atoms with Crippen molar-refractivity contribution >= 4 is 28.7 Å². The van der Waals surface area contributed by atoms with Crippen LogP contribution in [-0.2, 0) is 0 Å². The Balaban J connectivity index is 3.07. The summed E-state index contributed by atoms with van der Waals surface area (Å²) in [6.07, 6.45) is 0. The molecule has 0 heterocycles. The first-order valence-electron chi connectivity index (χ1n) is 6.50. The van der Waals surface area contributed by atoms with Crippen LogP contribution in [0.1, 0.15) is 0 Å². The lowest BCUT2D eigenvalue weighted by Crippen LogP contribution is -2.34. The van der Waals surface area contributed by atoms with Crippen molar-refractivity contribution in [1.82, 2.24) is 0 Å². The number of nitrogens with zero attached hydrogens (tertiary/aromatic N) is 6. The topological polar surface area (TPSA) is 230 Å². The van der Waals surface area contributed by atoms with Crippen LogP contribution in [0, 0.1) is 0 Å². The van der Waals surface area contributed by atoms with Crippen LogP contribution in [0.25, 0.3) is 10.8 Å². The standard InChI is InChI=1S/C12H16N12/c13-10(14)22-19-7-5-3-1-2-4-6(5)8(20-23-11(15)16)9(7)21-24-12(17)18/h1-4H,(H4,13,14,22)(H4,15,16,23)(H4,17,18,24)/b19-7+,20-8+. The van der Waals surface area contributed by atoms with Crippen molar-refractivity contribution in [3.8, 4) is 0 Å². The largest absolute Gasteiger partial charge is 0.369 e. The SMILES string of the molecule is NC(N)=NN=c1/c(=N/N=C(N)N)c2ccccc2/c1=N\N=C(N)N. The van der Waals surface area contributed by atoms with Crippen LogP contribution >= 0.6 is 0 Å². The first kappa shape index (κ1) is 16.4. The van der Waals surface area contributed by atoms with E-state index >= 15 is 0 Å². The Hall–Kier alpha value is -3.96. The molecular weight excluding hydrogens is 312 g/mol. The zero-order valence-electron chi connectivity index (χ0n) is 12.5. The van der Waals surface area contributed by atoms with Crippen LogP contribution in [0.4, 0.5) is 0 Å². The third-order valence-electron chi connectivity index (χ3n) is 2.68. The van der Waals surface area contributed by atoms with Crippen molar-refractivity contribution in [2.75, 3.05) is 0 Å². The van der Waals surface area contributed by atoms with Crippen molar-refractivity contribution in [3.05, 3.63) is 40.3 Å². The highest BCUT2D eigenvalue weighted by molar-refractivity contribution is 5.83. The normalized spacial score (nSPS) is 12.0. The number of benzene rings is 1. The van der Waals surface area contributed by atoms with E-state index in [1.54, 1.807) is 24.3 Å². The molecule has 12 N–H and O–H groups in total. The number of rotatable bonds is 3. The summed E-state index contributed by atoms with van der Waals surface area (Å²) in [5.41, 5.74) is 31.9. The molecule has 0 atom stereocenters. The number of hydrogen-bond acceptors (Lipinski definition) is 6. The fourth-order valence-electron chi connectivity index (χ4n) is 1.88. The molecule has 0 spiro atoms. The summed E-state index contributed by atoms with van der Waals surface area (Å²) >= 11 is 0. The average molecular weight is 328 g/mol. The van der Waals surface area contributed by atoms with Crippen molar-refractivity contribution in [2.45, 2.75) is 0 Å². The van der Waals surface area contributed by atoms with Crippen LogP contribution in [0.5, 0.6) is 0 Å². The van der Waals surface area contributed by atoms with E-state index in [-0.39, 0.29) is 23.2 Å². The Morgan fingerprint density at radius 2 is 0.875 bits per heavy atom. The van der Waals surface area contributed by atoms with Gasteiger partial charge in [0.25, 0.3) is 0 Å². The van der Waals surface area contributed by atoms with Crippen molar-refractivity contribution in [1.29, 1.82) is 0 Å². The fourth-order valence-corrected chi connectivity index (χ4v) is 1.88. The third-order valence-corrected chi connectivity index (χ3v) is 2.68. The monoisotopic (exact) mass is 328 g/mol. The Kier molecular flexibility index (Phi) is 4.70. The van der Waals surface area contributed by atoms with Gasteiger partial charge in [0.1, 0.15) is 16.1 Å². The van der Waals surface area contributed by atoms with Crippen LogP contribution in [0.15, 0.2) is 54.9 Å². The minimum Gasteiger partial charge on any atom is -0.369 e. The first-order chi connectivity index (χ1) is 11.4. The van der Waals surface area contributed by atoms with Gasteiger partial charge in [0, 0.05) is 10.8 Å². The molecule has 0 aliphatic heterocycles.